The molecule has 0 saturated heterocycles. The van der Waals surface area contributed by atoms with E-state index in [-0.39, 0.29) is 0 Å². The van der Waals surface area contributed by atoms with E-state index in [2.05, 4.69) is 211 Å². The minimum atomic E-state index is -0.545. The molecule has 0 fully saturated rings. The van der Waals surface area contributed by atoms with Gasteiger partial charge in [-0.1, -0.05) is 164 Å². The third-order valence-corrected chi connectivity index (χ3v) is 13.9. The first kappa shape index (κ1) is 36.7. The maximum atomic E-state index is 6.64. The molecule has 0 atom stereocenters. The van der Waals surface area contributed by atoms with Gasteiger partial charge in [0.25, 0.3) is 0 Å². The van der Waals surface area contributed by atoms with Crippen molar-refractivity contribution in [3.05, 3.63) is 253 Å². The van der Waals surface area contributed by atoms with Crippen molar-refractivity contribution in [3.63, 3.8) is 0 Å². The first-order chi connectivity index (χ1) is 32.7. The minimum Gasteiger partial charge on any atom is -0.456 e. The van der Waals surface area contributed by atoms with E-state index in [9.17, 15) is 0 Å². The zero-order valence-electron chi connectivity index (χ0n) is 35.7. The van der Waals surface area contributed by atoms with Crippen LogP contribution in [0.25, 0.3) is 87.9 Å². The maximum Gasteiger partial charge on any atom is 0.144 e. The lowest BCUT2D eigenvalue weighted by atomic mass is 9.67. The number of nitrogens with zero attached hydrogens (tertiary/aromatic N) is 2. The molecule has 0 saturated carbocycles. The van der Waals surface area contributed by atoms with E-state index >= 15 is 0 Å². The number of aromatic nitrogens is 1. The van der Waals surface area contributed by atoms with Crippen LogP contribution in [0.5, 0.6) is 0 Å². The number of benzene rings is 10. The molecular formula is C62H38N2O2. The second-order valence-electron chi connectivity index (χ2n) is 17.4. The summed E-state index contributed by atoms with van der Waals surface area (Å²) in [5.74, 6) is 0. The van der Waals surface area contributed by atoms with Crippen molar-refractivity contribution in [1.82, 2.24) is 4.98 Å². The number of rotatable bonds is 6. The summed E-state index contributed by atoms with van der Waals surface area (Å²) in [4.78, 5) is 7.71. The third-order valence-electron chi connectivity index (χ3n) is 13.9. The zero-order valence-corrected chi connectivity index (χ0v) is 35.7. The average Bonchev–Trinajstić information content (AvgIpc) is 4.05. The van der Waals surface area contributed by atoms with Crippen LogP contribution in [0.3, 0.4) is 0 Å². The van der Waals surface area contributed by atoms with Gasteiger partial charge in [0, 0.05) is 66.4 Å². The van der Waals surface area contributed by atoms with Gasteiger partial charge < -0.3 is 13.7 Å². The van der Waals surface area contributed by atoms with Crippen LogP contribution in [-0.4, -0.2) is 4.98 Å². The van der Waals surface area contributed by atoms with Crippen molar-refractivity contribution in [2.24, 2.45) is 0 Å². The van der Waals surface area contributed by atoms with E-state index in [1.807, 2.05) is 24.3 Å². The lowest BCUT2D eigenvalue weighted by Crippen LogP contribution is -2.28. The summed E-state index contributed by atoms with van der Waals surface area (Å²) < 4.78 is 13.2. The van der Waals surface area contributed by atoms with Crippen LogP contribution in [0.1, 0.15) is 22.3 Å². The Hall–Kier alpha value is -8.73. The Kier molecular flexibility index (Phi) is 7.87. The number of furan rings is 2. The molecule has 3 heterocycles. The summed E-state index contributed by atoms with van der Waals surface area (Å²) in [6.45, 7) is 0. The van der Waals surface area contributed by atoms with Crippen molar-refractivity contribution < 1.29 is 8.83 Å². The standard InChI is InChI=1S/C62H38N2O2/c1-3-15-40(16-4-1)62(41-17-5-2-6-18-41)53-23-11-7-19-45(53)46-33-31-43(37-54(46)62)64(44-32-34-49-47-20-9-13-25-56(47)65-58(49)38-44)42-29-27-39(28-30-42)60-52-36-35-50-48-21-10-14-26-57(48)66-61(50)59(52)51-22-8-12-24-55(51)63-60/h1-38H. The van der Waals surface area contributed by atoms with Crippen LogP contribution >= 0.6 is 0 Å². The molecule has 13 aromatic rings. The maximum absolute atomic E-state index is 6.64. The van der Waals surface area contributed by atoms with Gasteiger partial charge in [-0.3, -0.25) is 0 Å². The third kappa shape index (κ3) is 5.24. The second kappa shape index (κ2) is 14.1. The summed E-state index contributed by atoms with van der Waals surface area (Å²) >= 11 is 0. The van der Waals surface area contributed by atoms with Crippen LogP contribution in [-0.2, 0) is 5.41 Å². The van der Waals surface area contributed by atoms with Crippen molar-refractivity contribution in [1.29, 1.82) is 0 Å². The molecular weight excluding hydrogens is 805 g/mol. The molecule has 0 bridgehead atoms. The highest BCUT2D eigenvalue weighted by Gasteiger charge is 2.46. The second-order valence-corrected chi connectivity index (χ2v) is 17.4. The fraction of sp³-hybridized carbons (Fsp3) is 0.0161. The first-order valence-electron chi connectivity index (χ1n) is 22.5. The summed E-state index contributed by atoms with van der Waals surface area (Å²) in [6, 6.07) is 82.7. The molecule has 0 radical (unpaired) electrons. The normalized spacial score (nSPS) is 13.0. The number of anilines is 3. The van der Waals surface area contributed by atoms with Gasteiger partial charge in [-0.05, 0) is 94.0 Å². The lowest BCUT2D eigenvalue weighted by Gasteiger charge is -2.35. The fourth-order valence-electron chi connectivity index (χ4n) is 11.1. The topological polar surface area (TPSA) is 42.4 Å². The molecule has 10 aromatic carbocycles. The van der Waals surface area contributed by atoms with Crippen LogP contribution in [0.4, 0.5) is 17.1 Å². The Bertz CT molecular complexity index is 4010. The quantitative estimate of drug-likeness (QED) is 0.156. The van der Waals surface area contributed by atoms with Gasteiger partial charge >= 0.3 is 0 Å². The van der Waals surface area contributed by atoms with Crippen LogP contribution in [0.15, 0.2) is 239 Å². The number of fused-ring (bicyclic) bond motifs is 13. The summed E-state index contributed by atoms with van der Waals surface area (Å²) in [7, 11) is 0. The van der Waals surface area contributed by atoms with E-state index in [4.69, 9.17) is 13.8 Å². The zero-order chi connectivity index (χ0) is 43.3. The first-order valence-corrected chi connectivity index (χ1v) is 22.5. The largest absolute Gasteiger partial charge is 0.456 e. The molecule has 0 N–H and O–H groups in total. The highest BCUT2D eigenvalue weighted by atomic mass is 16.3. The van der Waals surface area contributed by atoms with Gasteiger partial charge in [-0.2, -0.15) is 0 Å². The Morgan fingerprint density at radius 1 is 0.364 bits per heavy atom. The van der Waals surface area contributed by atoms with E-state index < -0.39 is 5.41 Å². The van der Waals surface area contributed by atoms with Crippen LogP contribution < -0.4 is 4.90 Å². The Morgan fingerprint density at radius 2 is 0.909 bits per heavy atom. The number of para-hydroxylation sites is 3. The summed E-state index contributed by atoms with van der Waals surface area (Å²) in [5.41, 5.74) is 16.3. The summed E-state index contributed by atoms with van der Waals surface area (Å²) in [5, 5.41) is 7.62. The molecule has 3 aromatic heterocycles. The molecule has 14 rings (SSSR count). The molecule has 0 amide bonds. The Morgan fingerprint density at radius 3 is 1.68 bits per heavy atom. The molecule has 0 aliphatic heterocycles. The number of hydrogen-bond acceptors (Lipinski definition) is 4. The van der Waals surface area contributed by atoms with Gasteiger partial charge in [0.2, 0.25) is 0 Å². The predicted octanol–water partition coefficient (Wildman–Crippen LogP) is 16.7. The van der Waals surface area contributed by atoms with Gasteiger partial charge in [0.1, 0.15) is 22.3 Å². The highest BCUT2D eigenvalue weighted by molar-refractivity contribution is 6.24. The van der Waals surface area contributed by atoms with E-state index in [1.165, 1.54) is 33.4 Å². The molecule has 66 heavy (non-hydrogen) atoms. The van der Waals surface area contributed by atoms with Gasteiger partial charge in [-0.15, -0.1) is 0 Å². The van der Waals surface area contributed by atoms with E-state index in [0.29, 0.717) is 0 Å². The Labute approximate surface area is 380 Å². The molecule has 1 aliphatic carbocycles. The fourth-order valence-corrected chi connectivity index (χ4v) is 11.1. The monoisotopic (exact) mass is 842 g/mol. The van der Waals surface area contributed by atoms with Crippen molar-refractivity contribution in [2.45, 2.75) is 5.41 Å². The number of hydrogen-bond donors (Lipinski definition) is 0. The molecule has 4 heteroatoms. The smallest absolute Gasteiger partial charge is 0.144 e. The van der Waals surface area contributed by atoms with Crippen molar-refractivity contribution >= 4 is 82.6 Å². The van der Waals surface area contributed by atoms with Gasteiger partial charge in [0.05, 0.1) is 16.6 Å². The van der Waals surface area contributed by atoms with Gasteiger partial charge in [0.15, 0.2) is 0 Å². The Balaban J connectivity index is 0.985. The van der Waals surface area contributed by atoms with E-state index in [0.717, 1.165) is 93.9 Å². The molecule has 1 aliphatic rings. The molecule has 308 valence electrons. The predicted molar refractivity (Wildman–Crippen MR) is 271 cm³/mol. The highest BCUT2D eigenvalue weighted by Crippen LogP contribution is 2.57. The molecule has 0 unspecified atom stereocenters. The molecule has 4 nitrogen and oxygen atoms in total. The lowest BCUT2D eigenvalue weighted by molar-refractivity contribution is 0.669. The van der Waals surface area contributed by atoms with Crippen molar-refractivity contribution in [3.8, 4) is 22.4 Å². The minimum absolute atomic E-state index is 0.545. The van der Waals surface area contributed by atoms with Crippen LogP contribution in [0.2, 0.25) is 0 Å². The van der Waals surface area contributed by atoms with Gasteiger partial charge in [-0.25, -0.2) is 4.98 Å². The van der Waals surface area contributed by atoms with E-state index in [1.54, 1.807) is 0 Å². The molecule has 0 spiro atoms. The van der Waals surface area contributed by atoms with Crippen molar-refractivity contribution in [2.75, 3.05) is 4.90 Å². The SMILES string of the molecule is c1ccc(C2(c3ccccc3)c3ccccc3-c3ccc(N(c4ccc(-c5nc6ccccc6c6c5ccc5c7ccccc7oc56)cc4)c4ccc5c(c4)oc4ccccc45)cc32)cc1. The summed E-state index contributed by atoms with van der Waals surface area (Å²) in [6.07, 6.45) is 0. The van der Waals surface area contributed by atoms with Crippen LogP contribution in [0, 0.1) is 0 Å². The number of pyridine rings is 1. The average molecular weight is 843 g/mol.